The lowest BCUT2D eigenvalue weighted by Gasteiger charge is -2.35. The van der Waals surface area contributed by atoms with Crippen LogP contribution in [-0.2, 0) is 4.74 Å². The molecule has 7 heteroatoms. The number of hydrogen-bond donors (Lipinski definition) is 1. The van der Waals surface area contributed by atoms with Gasteiger partial charge in [-0.15, -0.1) is 5.10 Å². The van der Waals surface area contributed by atoms with Crippen LogP contribution in [-0.4, -0.2) is 57.9 Å². The molecule has 1 aromatic heterocycles. The van der Waals surface area contributed by atoms with E-state index in [4.69, 9.17) is 4.74 Å². The van der Waals surface area contributed by atoms with E-state index in [0.717, 1.165) is 11.5 Å². The van der Waals surface area contributed by atoms with Gasteiger partial charge in [-0.3, -0.25) is 4.79 Å². The highest BCUT2D eigenvalue weighted by molar-refractivity contribution is 7.07. The van der Waals surface area contributed by atoms with Crippen LogP contribution in [0.3, 0.4) is 0 Å². The van der Waals surface area contributed by atoms with Crippen LogP contribution in [0.4, 0.5) is 0 Å². The smallest absolute Gasteiger partial charge is 0.267 e. The first-order chi connectivity index (χ1) is 8.52. The lowest BCUT2D eigenvalue weighted by Crippen LogP contribution is -2.47. The molecule has 1 aliphatic heterocycles. The molecule has 1 fully saturated rings. The third-order valence-electron chi connectivity index (χ3n) is 3.15. The Bertz CT molecular complexity index is 429. The van der Waals surface area contributed by atoms with E-state index < -0.39 is 5.60 Å². The van der Waals surface area contributed by atoms with Gasteiger partial charge in [-0.25, -0.2) is 0 Å². The number of ether oxygens (including phenoxy) is 1. The Kier molecular flexibility index (Phi) is 3.94. The van der Waals surface area contributed by atoms with Gasteiger partial charge in [-0.05, 0) is 18.5 Å². The second kappa shape index (κ2) is 5.29. The number of hydrogen-bond acceptors (Lipinski definition) is 6. The maximum absolute atomic E-state index is 12.2. The van der Waals surface area contributed by atoms with Gasteiger partial charge in [0, 0.05) is 39.6 Å². The fraction of sp³-hybridized carbons (Fsp3) is 0.727. The lowest BCUT2D eigenvalue weighted by molar-refractivity contribution is -0.0734. The Hall–Kier alpha value is -1.05. The van der Waals surface area contributed by atoms with E-state index in [0.29, 0.717) is 43.2 Å². The molecule has 1 aliphatic rings. The van der Waals surface area contributed by atoms with Crippen molar-refractivity contribution in [2.45, 2.75) is 25.4 Å². The van der Waals surface area contributed by atoms with E-state index >= 15 is 0 Å². The predicted octanol–water partition coefficient (Wildman–Crippen LogP) is 0.460. The normalized spacial score (nSPS) is 18.6. The Labute approximate surface area is 110 Å². The van der Waals surface area contributed by atoms with Crippen LogP contribution in [0.15, 0.2) is 0 Å². The minimum atomic E-state index is -0.839. The standard InChI is InChI=1S/C11H17N3O3S/c1-8-9(18-13-12-8)10(15)14(2)7-11(16)3-5-17-6-4-11/h16H,3-7H2,1-2H3. The molecule has 0 atom stereocenters. The average Bonchev–Trinajstić information content (AvgIpc) is 2.74. The highest BCUT2D eigenvalue weighted by Crippen LogP contribution is 2.22. The van der Waals surface area contributed by atoms with Crippen LogP contribution in [0, 0.1) is 6.92 Å². The molecule has 6 nitrogen and oxygen atoms in total. The van der Waals surface area contributed by atoms with Crippen LogP contribution in [0.5, 0.6) is 0 Å². The Balaban J connectivity index is 2.01. The van der Waals surface area contributed by atoms with Crippen molar-refractivity contribution in [3.8, 4) is 0 Å². The van der Waals surface area contributed by atoms with E-state index in [1.54, 1.807) is 14.0 Å². The van der Waals surface area contributed by atoms with E-state index in [-0.39, 0.29) is 5.91 Å². The Morgan fingerprint density at radius 1 is 1.56 bits per heavy atom. The molecule has 1 N–H and O–H groups in total. The molecule has 1 aromatic rings. The first kappa shape index (κ1) is 13.4. The van der Waals surface area contributed by atoms with Crippen molar-refractivity contribution in [1.82, 2.24) is 14.5 Å². The minimum Gasteiger partial charge on any atom is -0.388 e. The molecule has 18 heavy (non-hydrogen) atoms. The number of amides is 1. The second-order valence-electron chi connectivity index (χ2n) is 4.69. The first-order valence-corrected chi connectivity index (χ1v) is 6.64. The summed E-state index contributed by atoms with van der Waals surface area (Å²) in [5.41, 5.74) is -0.204. The molecular formula is C11H17N3O3S. The van der Waals surface area contributed by atoms with E-state index in [9.17, 15) is 9.90 Å². The molecule has 2 rings (SSSR count). The summed E-state index contributed by atoms with van der Waals surface area (Å²) in [4.78, 5) is 14.2. The molecule has 2 heterocycles. The molecule has 0 aliphatic carbocycles. The van der Waals surface area contributed by atoms with Crippen LogP contribution in [0.2, 0.25) is 0 Å². The largest absolute Gasteiger partial charge is 0.388 e. The third-order valence-corrected chi connectivity index (χ3v) is 3.96. The topological polar surface area (TPSA) is 75.6 Å². The maximum Gasteiger partial charge on any atom is 0.267 e. The van der Waals surface area contributed by atoms with Crippen molar-refractivity contribution in [2.75, 3.05) is 26.8 Å². The summed E-state index contributed by atoms with van der Waals surface area (Å²) in [7, 11) is 1.69. The third kappa shape index (κ3) is 2.85. The fourth-order valence-corrected chi connectivity index (χ4v) is 2.68. The molecule has 0 unspecified atom stereocenters. The molecule has 0 radical (unpaired) electrons. The van der Waals surface area contributed by atoms with Gasteiger partial charge in [0.25, 0.3) is 5.91 Å². The van der Waals surface area contributed by atoms with Gasteiger partial charge >= 0.3 is 0 Å². The number of carbonyl (C=O) groups is 1. The summed E-state index contributed by atoms with van der Waals surface area (Å²) in [6, 6.07) is 0. The van der Waals surface area contributed by atoms with Gasteiger partial charge in [0.15, 0.2) is 0 Å². The zero-order chi connectivity index (χ0) is 13.2. The number of nitrogens with zero attached hydrogens (tertiary/aromatic N) is 3. The number of aliphatic hydroxyl groups is 1. The van der Waals surface area contributed by atoms with E-state index in [2.05, 4.69) is 9.59 Å². The summed E-state index contributed by atoms with van der Waals surface area (Å²) in [6.07, 6.45) is 1.12. The number of rotatable bonds is 3. The molecule has 0 spiro atoms. The molecule has 0 saturated carbocycles. The SMILES string of the molecule is Cc1nnsc1C(=O)N(C)CC1(O)CCOCC1. The number of aromatic nitrogens is 2. The molecule has 100 valence electrons. The quantitative estimate of drug-likeness (QED) is 0.864. The highest BCUT2D eigenvalue weighted by Gasteiger charge is 2.33. The fourth-order valence-electron chi connectivity index (χ4n) is 2.02. The Morgan fingerprint density at radius 2 is 2.22 bits per heavy atom. The molecule has 1 amide bonds. The van der Waals surface area contributed by atoms with Gasteiger partial charge in [0.05, 0.1) is 11.3 Å². The van der Waals surface area contributed by atoms with Gasteiger partial charge in [0.2, 0.25) is 0 Å². The second-order valence-corrected chi connectivity index (χ2v) is 5.44. The zero-order valence-electron chi connectivity index (χ0n) is 10.5. The number of carbonyl (C=O) groups excluding carboxylic acids is 1. The maximum atomic E-state index is 12.2. The Morgan fingerprint density at radius 3 is 2.78 bits per heavy atom. The van der Waals surface area contributed by atoms with Crippen LogP contribution in [0.25, 0.3) is 0 Å². The monoisotopic (exact) mass is 271 g/mol. The number of aryl methyl sites for hydroxylation is 1. The van der Waals surface area contributed by atoms with Crippen molar-refractivity contribution in [3.63, 3.8) is 0 Å². The summed E-state index contributed by atoms with van der Waals surface area (Å²) < 4.78 is 8.97. The minimum absolute atomic E-state index is 0.137. The van der Waals surface area contributed by atoms with Crippen LogP contribution in [0.1, 0.15) is 28.2 Å². The molecule has 1 saturated heterocycles. The zero-order valence-corrected chi connectivity index (χ0v) is 11.4. The molecule has 0 bridgehead atoms. The van der Waals surface area contributed by atoms with Gasteiger partial charge < -0.3 is 14.7 Å². The summed E-state index contributed by atoms with van der Waals surface area (Å²) >= 11 is 1.09. The lowest BCUT2D eigenvalue weighted by atomic mass is 9.94. The molecule has 0 aromatic carbocycles. The number of likely N-dealkylation sites (N-methyl/N-ethyl adjacent to an activating group) is 1. The van der Waals surface area contributed by atoms with Gasteiger partial charge in [-0.2, -0.15) is 0 Å². The van der Waals surface area contributed by atoms with Crippen molar-refractivity contribution in [3.05, 3.63) is 10.6 Å². The van der Waals surface area contributed by atoms with Crippen molar-refractivity contribution in [2.24, 2.45) is 0 Å². The highest BCUT2D eigenvalue weighted by atomic mass is 32.1. The predicted molar refractivity (Wildman–Crippen MR) is 66.6 cm³/mol. The van der Waals surface area contributed by atoms with E-state index in [1.807, 2.05) is 0 Å². The molecular weight excluding hydrogens is 254 g/mol. The average molecular weight is 271 g/mol. The van der Waals surface area contributed by atoms with Crippen molar-refractivity contribution < 1.29 is 14.6 Å². The summed E-state index contributed by atoms with van der Waals surface area (Å²) in [6.45, 7) is 3.15. The van der Waals surface area contributed by atoms with Gasteiger partial charge in [0.1, 0.15) is 4.88 Å². The van der Waals surface area contributed by atoms with Crippen molar-refractivity contribution >= 4 is 17.4 Å². The van der Waals surface area contributed by atoms with Crippen LogP contribution < -0.4 is 0 Å². The summed E-state index contributed by atoms with van der Waals surface area (Å²) in [5, 5.41) is 14.2. The summed E-state index contributed by atoms with van der Waals surface area (Å²) in [5.74, 6) is -0.137. The van der Waals surface area contributed by atoms with Crippen LogP contribution >= 0.6 is 11.5 Å². The van der Waals surface area contributed by atoms with Crippen molar-refractivity contribution in [1.29, 1.82) is 0 Å². The van der Waals surface area contributed by atoms with Gasteiger partial charge in [-0.1, -0.05) is 4.49 Å². The first-order valence-electron chi connectivity index (χ1n) is 5.86. The van der Waals surface area contributed by atoms with E-state index in [1.165, 1.54) is 4.90 Å².